The molecule has 2 saturated heterocycles. The number of carboxylic acids is 1. The van der Waals surface area contributed by atoms with Crippen molar-refractivity contribution in [2.75, 3.05) is 19.6 Å². The highest BCUT2D eigenvalue weighted by Gasteiger charge is 2.38. The summed E-state index contributed by atoms with van der Waals surface area (Å²) in [6.45, 7) is 8.45. The number of nitrogens with one attached hydrogen (secondary N) is 2. The number of amides is 2. The van der Waals surface area contributed by atoms with E-state index in [4.69, 9.17) is 9.90 Å². The fraction of sp³-hybridized carbons (Fsp3) is 0.800. The van der Waals surface area contributed by atoms with E-state index in [2.05, 4.69) is 24.5 Å². The number of carbonyl (C=O) groups excluding carboxylic acids is 2. The number of hydrogen-bond donors (Lipinski definition) is 3. The number of piperidine rings is 1. The molecule has 2 aliphatic rings. The van der Waals surface area contributed by atoms with E-state index in [1.54, 1.807) is 0 Å². The molecule has 2 amide bonds. The monoisotopic (exact) mass is 367 g/mol. The van der Waals surface area contributed by atoms with Crippen LogP contribution in [0.2, 0.25) is 0 Å². The van der Waals surface area contributed by atoms with Crippen molar-refractivity contribution >= 4 is 17.8 Å². The molecule has 2 heterocycles. The molecule has 0 saturated carbocycles. The van der Waals surface area contributed by atoms with Crippen LogP contribution in [0.25, 0.3) is 0 Å². The number of alkyl halides is 3. The number of rotatable bonds is 1. The Balaban J connectivity index is 0.000000381. The molecule has 2 rings (SSSR count). The molecule has 2 aliphatic heterocycles. The maximum atomic E-state index is 12.4. The van der Waals surface area contributed by atoms with E-state index in [1.807, 2.05) is 11.8 Å². The van der Waals surface area contributed by atoms with Crippen molar-refractivity contribution < 1.29 is 32.7 Å². The van der Waals surface area contributed by atoms with Crippen molar-refractivity contribution in [1.29, 1.82) is 0 Å². The van der Waals surface area contributed by atoms with Gasteiger partial charge in [-0.05, 0) is 26.2 Å². The lowest BCUT2D eigenvalue weighted by molar-refractivity contribution is -0.192. The van der Waals surface area contributed by atoms with E-state index in [-0.39, 0.29) is 23.4 Å². The second-order valence-electron chi connectivity index (χ2n) is 7.04. The van der Waals surface area contributed by atoms with Crippen LogP contribution in [0.5, 0.6) is 0 Å². The van der Waals surface area contributed by atoms with E-state index in [9.17, 15) is 22.8 Å². The highest BCUT2D eigenvalue weighted by molar-refractivity contribution is 5.89. The summed E-state index contributed by atoms with van der Waals surface area (Å²) >= 11 is 0. The van der Waals surface area contributed by atoms with Gasteiger partial charge in [0.1, 0.15) is 6.04 Å². The molecule has 0 aliphatic carbocycles. The van der Waals surface area contributed by atoms with Crippen LogP contribution < -0.4 is 10.6 Å². The Morgan fingerprint density at radius 1 is 1.32 bits per heavy atom. The summed E-state index contributed by atoms with van der Waals surface area (Å²) < 4.78 is 31.7. The van der Waals surface area contributed by atoms with Crippen LogP contribution in [0.1, 0.15) is 33.6 Å². The van der Waals surface area contributed by atoms with Crippen LogP contribution in [-0.2, 0) is 14.4 Å². The van der Waals surface area contributed by atoms with E-state index < -0.39 is 12.1 Å². The van der Waals surface area contributed by atoms with E-state index >= 15 is 0 Å². The molecular formula is C15H24F3N3O4. The second kappa shape index (κ2) is 8.03. The van der Waals surface area contributed by atoms with Crippen molar-refractivity contribution in [2.24, 2.45) is 5.92 Å². The number of carbonyl (C=O) groups is 3. The van der Waals surface area contributed by atoms with Gasteiger partial charge in [-0.2, -0.15) is 13.2 Å². The summed E-state index contributed by atoms with van der Waals surface area (Å²) in [5.74, 6) is -2.39. The standard InChI is InChI=1S/C13H23N3O2.C2HF3O2/c1-9-6-10(15-11(17)7-9)12(18)16-5-4-14-13(2,3)8-16;3-2(4,5)1(6)7/h9-10,14H,4-8H2,1-3H3,(H,15,17);(H,6,7)/t9-,10-;/m0./s1. The van der Waals surface area contributed by atoms with Crippen molar-refractivity contribution in [1.82, 2.24) is 15.5 Å². The number of nitrogens with zero attached hydrogens (tertiary/aromatic N) is 1. The number of aliphatic carboxylic acids is 1. The normalized spacial score (nSPS) is 26.2. The third-order valence-electron chi connectivity index (χ3n) is 3.93. The van der Waals surface area contributed by atoms with Gasteiger partial charge in [0.15, 0.2) is 0 Å². The Morgan fingerprint density at radius 3 is 2.32 bits per heavy atom. The zero-order chi connectivity index (χ0) is 19.4. The largest absolute Gasteiger partial charge is 0.490 e. The lowest BCUT2D eigenvalue weighted by Crippen LogP contribution is -2.62. The van der Waals surface area contributed by atoms with Gasteiger partial charge >= 0.3 is 12.1 Å². The minimum atomic E-state index is -5.08. The third kappa shape index (κ3) is 6.89. The minimum absolute atomic E-state index is 0.00138. The van der Waals surface area contributed by atoms with Crippen molar-refractivity contribution in [3.05, 3.63) is 0 Å². The summed E-state index contributed by atoms with van der Waals surface area (Å²) in [7, 11) is 0. The van der Waals surface area contributed by atoms with Crippen LogP contribution in [0.4, 0.5) is 13.2 Å². The maximum Gasteiger partial charge on any atom is 0.490 e. The van der Waals surface area contributed by atoms with Crippen molar-refractivity contribution in [3.8, 4) is 0 Å². The summed E-state index contributed by atoms with van der Waals surface area (Å²) in [5, 5.41) is 13.3. The van der Waals surface area contributed by atoms with Crippen LogP contribution in [0.15, 0.2) is 0 Å². The molecule has 7 nitrogen and oxygen atoms in total. The lowest BCUT2D eigenvalue weighted by Gasteiger charge is -2.41. The molecular weight excluding hydrogens is 343 g/mol. The molecule has 0 aromatic carbocycles. The average molecular weight is 367 g/mol. The quantitative estimate of drug-likeness (QED) is 0.635. The van der Waals surface area contributed by atoms with Crippen molar-refractivity contribution in [3.63, 3.8) is 0 Å². The van der Waals surface area contributed by atoms with Crippen LogP contribution in [0.3, 0.4) is 0 Å². The lowest BCUT2D eigenvalue weighted by atomic mass is 9.92. The zero-order valence-corrected chi connectivity index (χ0v) is 14.4. The summed E-state index contributed by atoms with van der Waals surface area (Å²) in [6, 6.07) is -0.324. The van der Waals surface area contributed by atoms with Gasteiger partial charge in [0.2, 0.25) is 11.8 Å². The Morgan fingerprint density at radius 2 is 1.88 bits per heavy atom. The van der Waals surface area contributed by atoms with Gasteiger partial charge in [-0.25, -0.2) is 4.79 Å². The zero-order valence-electron chi connectivity index (χ0n) is 14.4. The van der Waals surface area contributed by atoms with Gasteiger partial charge in [0.05, 0.1) is 0 Å². The predicted molar refractivity (Wildman–Crippen MR) is 82.7 cm³/mol. The minimum Gasteiger partial charge on any atom is -0.475 e. The summed E-state index contributed by atoms with van der Waals surface area (Å²) in [4.78, 5) is 34.7. The summed E-state index contributed by atoms with van der Waals surface area (Å²) in [5.41, 5.74) is -0.0435. The first-order valence-electron chi connectivity index (χ1n) is 7.95. The van der Waals surface area contributed by atoms with Gasteiger partial charge < -0.3 is 20.6 Å². The average Bonchev–Trinajstić information content (AvgIpc) is 2.44. The molecule has 0 aromatic heterocycles. The van der Waals surface area contributed by atoms with E-state index in [0.29, 0.717) is 18.9 Å². The molecule has 2 atom stereocenters. The molecule has 3 N–H and O–H groups in total. The second-order valence-corrected chi connectivity index (χ2v) is 7.04. The van der Waals surface area contributed by atoms with E-state index in [1.165, 1.54) is 0 Å². The van der Waals surface area contributed by atoms with Crippen LogP contribution in [-0.4, -0.2) is 65.2 Å². The molecule has 2 fully saturated rings. The smallest absolute Gasteiger partial charge is 0.475 e. The Bertz CT molecular complexity index is 523. The first-order chi connectivity index (χ1) is 11.3. The number of carboxylic acid groups (broad SMARTS) is 1. The molecule has 25 heavy (non-hydrogen) atoms. The predicted octanol–water partition coefficient (Wildman–Crippen LogP) is 0.745. The van der Waals surface area contributed by atoms with Gasteiger partial charge in [-0.3, -0.25) is 9.59 Å². The van der Waals surface area contributed by atoms with Crippen molar-refractivity contribution in [2.45, 2.75) is 51.4 Å². The molecule has 0 aromatic rings. The maximum absolute atomic E-state index is 12.4. The third-order valence-corrected chi connectivity index (χ3v) is 3.93. The molecule has 0 unspecified atom stereocenters. The van der Waals surface area contributed by atoms with Gasteiger partial charge in [0.25, 0.3) is 0 Å². The fourth-order valence-electron chi connectivity index (χ4n) is 2.83. The Hall–Kier alpha value is -1.84. The summed E-state index contributed by atoms with van der Waals surface area (Å²) in [6.07, 6.45) is -3.79. The highest BCUT2D eigenvalue weighted by atomic mass is 19.4. The van der Waals surface area contributed by atoms with Gasteiger partial charge in [-0.15, -0.1) is 0 Å². The highest BCUT2D eigenvalue weighted by Crippen LogP contribution is 2.19. The SMILES string of the molecule is C[C@@H]1CC(=O)N[C@H](C(=O)N2CCNC(C)(C)C2)C1.O=C(O)C(F)(F)F. The first-order valence-corrected chi connectivity index (χ1v) is 7.95. The van der Waals surface area contributed by atoms with Gasteiger partial charge in [0, 0.05) is 31.6 Å². The van der Waals surface area contributed by atoms with Gasteiger partial charge in [-0.1, -0.05) is 6.92 Å². The fourth-order valence-corrected chi connectivity index (χ4v) is 2.83. The van der Waals surface area contributed by atoms with E-state index in [0.717, 1.165) is 19.5 Å². The van der Waals surface area contributed by atoms with Crippen LogP contribution in [0, 0.1) is 5.92 Å². The molecule has 0 bridgehead atoms. The molecule has 0 spiro atoms. The molecule has 144 valence electrons. The number of halogens is 3. The Kier molecular flexibility index (Phi) is 6.81. The first kappa shape index (κ1) is 21.2. The van der Waals surface area contributed by atoms with Crippen LogP contribution >= 0.6 is 0 Å². The topological polar surface area (TPSA) is 98.7 Å². The molecule has 10 heteroatoms. The number of piperazine rings is 1. The number of hydrogen-bond acceptors (Lipinski definition) is 4. The Labute approximate surface area is 143 Å². The molecule has 0 radical (unpaired) electrons.